The number of alkyl halides is 3. The second-order valence-corrected chi connectivity index (χ2v) is 4.77. The molecule has 0 saturated carbocycles. The number of halogens is 3. The lowest BCUT2D eigenvalue weighted by Crippen LogP contribution is -2.07. The molecule has 0 radical (unpaired) electrons. The zero-order valence-corrected chi connectivity index (χ0v) is 12.2. The minimum absolute atomic E-state index is 0.0314. The Hall–Kier alpha value is -3.10. The van der Waals surface area contributed by atoms with Crippen molar-refractivity contribution in [2.45, 2.75) is 6.18 Å². The number of methoxy groups -OCH3 is 1. The van der Waals surface area contributed by atoms with Crippen LogP contribution in [0.1, 0.15) is 5.56 Å². The van der Waals surface area contributed by atoms with Gasteiger partial charge in [0, 0.05) is 6.20 Å². The summed E-state index contributed by atoms with van der Waals surface area (Å²) in [6.07, 6.45) is -3.24. The molecule has 0 atom stereocenters. The van der Waals surface area contributed by atoms with E-state index < -0.39 is 17.5 Å². The van der Waals surface area contributed by atoms with Crippen LogP contribution in [0.5, 0.6) is 5.75 Å². The van der Waals surface area contributed by atoms with E-state index in [-0.39, 0.29) is 28.4 Å². The van der Waals surface area contributed by atoms with Gasteiger partial charge in [-0.1, -0.05) is 6.07 Å². The Morgan fingerprint density at radius 2 is 2.00 bits per heavy atom. The molecular weight excluding hydrogens is 327 g/mol. The molecule has 24 heavy (non-hydrogen) atoms. The molecule has 2 heterocycles. The first kappa shape index (κ1) is 15.8. The van der Waals surface area contributed by atoms with Gasteiger partial charge >= 0.3 is 11.9 Å². The standard InChI is InChI=1S/C15H10F3N3O3/c1-23-9-2-3-10(11(7-9)15(16,17)18)8-4-5-19-12(6-8)13-20-14(22)24-21-13/h2-7H,1H3,(H,20,21,22). The molecule has 0 spiro atoms. The van der Waals surface area contributed by atoms with Crippen LogP contribution < -0.4 is 10.5 Å². The highest BCUT2D eigenvalue weighted by atomic mass is 19.4. The number of nitrogens with zero attached hydrogens (tertiary/aromatic N) is 2. The maximum atomic E-state index is 13.3. The number of benzene rings is 1. The fraction of sp³-hybridized carbons (Fsp3) is 0.133. The van der Waals surface area contributed by atoms with E-state index in [9.17, 15) is 18.0 Å². The zero-order chi connectivity index (χ0) is 17.3. The van der Waals surface area contributed by atoms with E-state index in [1.807, 2.05) is 0 Å². The maximum Gasteiger partial charge on any atom is 0.460 e. The van der Waals surface area contributed by atoms with Gasteiger partial charge in [0.15, 0.2) is 5.82 Å². The smallest absolute Gasteiger partial charge is 0.460 e. The van der Waals surface area contributed by atoms with E-state index in [4.69, 9.17) is 4.74 Å². The van der Waals surface area contributed by atoms with Crippen molar-refractivity contribution < 1.29 is 22.4 Å². The monoisotopic (exact) mass is 337 g/mol. The number of hydrogen-bond acceptors (Lipinski definition) is 5. The molecule has 0 fully saturated rings. The number of pyridine rings is 1. The summed E-state index contributed by atoms with van der Waals surface area (Å²) in [7, 11) is 1.29. The fourth-order valence-corrected chi connectivity index (χ4v) is 2.20. The van der Waals surface area contributed by atoms with Gasteiger partial charge in [0.2, 0.25) is 0 Å². The van der Waals surface area contributed by atoms with E-state index in [1.54, 1.807) is 0 Å². The van der Waals surface area contributed by atoms with Gasteiger partial charge in [-0.15, -0.1) is 0 Å². The number of ether oxygens (including phenoxy) is 1. The maximum absolute atomic E-state index is 13.3. The molecular formula is C15H10F3N3O3. The molecule has 1 aromatic carbocycles. The van der Waals surface area contributed by atoms with Gasteiger partial charge in [0.25, 0.3) is 0 Å². The molecule has 6 nitrogen and oxygen atoms in total. The van der Waals surface area contributed by atoms with E-state index in [0.29, 0.717) is 0 Å². The predicted molar refractivity (Wildman–Crippen MR) is 77.3 cm³/mol. The van der Waals surface area contributed by atoms with Crippen molar-refractivity contribution in [3.63, 3.8) is 0 Å². The van der Waals surface area contributed by atoms with Crippen molar-refractivity contribution in [2.75, 3.05) is 7.11 Å². The molecule has 2 aromatic heterocycles. The first-order valence-electron chi connectivity index (χ1n) is 6.66. The summed E-state index contributed by atoms with van der Waals surface area (Å²) in [5, 5.41) is 2.26. The fourth-order valence-electron chi connectivity index (χ4n) is 2.20. The molecule has 1 N–H and O–H groups in total. The highest BCUT2D eigenvalue weighted by Crippen LogP contribution is 2.39. The summed E-state index contributed by atoms with van der Waals surface area (Å²) >= 11 is 0. The predicted octanol–water partition coefficient (Wildman–Crippen LogP) is 3.12. The Balaban J connectivity index is 2.14. The molecule has 3 rings (SSSR count). The summed E-state index contributed by atoms with van der Waals surface area (Å²) in [4.78, 5) is 18.5. The Morgan fingerprint density at radius 1 is 1.21 bits per heavy atom. The van der Waals surface area contributed by atoms with Crippen LogP contribution >= 0.6 is 0 Å². The molecule has 124 valence electrons. The number of hydrogen-bond donors (Lipinski definition) is 1. The number of aromatic nitrogens is 3. The zero-order valence-electron chi connectivity index (χ0n) is 12.2. The Morgan fingerprint density at radius 3 is 2.62 bits per heavy atom. The van der Waals surface area contributed by atoms with Gasteiger partial charge in [-0.2, -0.15) is 23.3 Å². The minimum Gasteiger partial charge on any atom is -0.497 e. The van der Waals surface area contributed by atoms with E-state index in [0.717, 1.165) is 6.07 Å². The van der Waals surface area contributed by atoms with Gasteiger partial charge in [-0.25, -0.2) is 4.79 Å². The lowest BCUT2D eigenvalue weighted by molar-refractivity contribution is -0.137. The lowest BCUT2D eigenvalue weighted by atomic mass is 9.99. The van der Waals surface area contributed by atoms with Gasteiger partial charge in [-0.05, 0) is 35.4 Å². The van der Waals surface area contributed by atoms with Crippen molar-refractivity contribution in [2.24, 2.45) is 0 Å². The first-order valence-corrected chi connectivity index (χ1v) is 6.66. The van der Waals surface area contributed by atoms with Crippen molar-refractivity contribution in [1.29, 1.82) is 0 Å². The number of rotatable bonds is 3. The van der Waals surface area contributed by atoms with E-state index >= 15 is 0 Å². The van der Waals surface area contributed by atoms with Crippen LogP contribution in [0, 0.1) is 0 Å². The summed E-state index contributed by atoms with van der Waals surface area (Å²) in [6.45, 7) is 0. The summed E-state index contributed by atoms with van der Waals surface area (Å²) in [6, 6.07) is 6.48. The Labute approximate surface area is 132 Å². The molecule has 9 heteroatoms. The third kappa shape index (κ3) is 3.00. The summed E-state index contributed by atoms with van der Waals surface area (Å²) < 4.78 is 49.3. The molecule has 0 aliphatic carbocycles. The number of aromatic amines is 1. The summed E-state index contributed by atoms with van der Waals surface area (Å²) in [5.74, 6) is -0.720. The number of H-pyrrole nitrogens is 1. The average Bonchev–Trinajstić information content (AvgIpc) is 3.00. The quantitative estimate of drug-likeness (QED) is 0.794. The highest BCUT2D eigenvalue weighted by Gasteiger charge is 2.34. The van der Waals surface area contributed by atoms with Gasteiger partial charge in [-0.3, -0.25) is 4.98 Å². The average molecular weight is 337 g/mol. The highest BCUT2D eigenvalue weighted by molar-refractivity contribution is 5.72. The second kappa shape index (κ2) is 5.84. The third-order valence-electron chi connectivity index (χ3n) is 3.28. The van der Waals surface area contributed by atoms with Crippen molar-refractivity contribution in [3.05, 3.63) is 52.6 Å². The summed E-state index contributed by atoms with van der Waals surface area (Å²) in [5.41, 5.74) is -0.438. The topological polar surface area (TPSA) is 81.0 Å². The van der Waals surface area contributed by atoms with Crippen LogP contribution in [0.15, 0.2) is 45.8 Å². The van der Waals surface area contributed by atoms with Crippen LogP contribution in [-0.4, -0.2) is 22.2 Å². The Kier molecular flexibility index (Phi) is 3.84. The Bertz CT molecular complexity index is 931. The lowest BCUT2D eigenvalue weighted by Gasteiger charge is -2.14. The van der Waals surface area contributed by atoms with E-state index in [1.165, 1.54) is 37.6 Å². The van der Waals surface area contributed by atoms with E-state index in [2.05, 4.69) is 19.6 Å². The van der Waals surface area contributed by atoms with Gasteiger partial charge in [0.05, 0.1) is 12.7 Å². The largest absolute Gasteiger partial charge is 0.497 e. The molecule has 3 aromatic rings. The molecule has 0 aliphatic heterocycles. The molecule has 0 bridgehead atoms. The van der Waals surface area contributed by atoms with Crippen molar-refractivity contribution >= 4 is 0 Å². The van der Waals surface area contributed by atoms with Crippen LogP contribution in [0.25, 0.3) is 22.6 Å². The molecule has 0 saturated heterocycles. The minimum atomic E-state index is -4.56. The van der Waals surface area contributed by atoms with Crippen LogP contribution in [0.2, 0.25) is 0 Å². The van der Waals surface area contributed by atoms with Crippen LogP contribution in [0.4, 0.5) is 13.2 Å². The van der Waals surface area contributed by atoms with Crippen molar-refractivity contribution in [1.82, 2.24) is 15.1 Å². The second-order valence-electron chi connectivity index (χ2n) is 4.77. The number of nitrogens with one attached hydrogen (secondary N) is 1. The first-order chi connectivity index (χ1) is 11.4. The molecule has 0 aliphatic rings. The van der Waals surface area contributed by atoms with Gasteiger partial charge in [0.1, 0.15) is 11.4 Å². The van der Waals surface area contributed by atoms with Gasteiger partial charge < -0.3 is 9.26 Å². The third-order valence-corrected chi connectivity index (χ3v) is 3.28. The molecule has 0 unspecified atom stereocenters. The molecule has 0 amide bonds. The normalized spacial score (nSPS) is 11.5. The van der Waals surface area contributed by atoms with Crippen LogP contribution in [-0.2, 0) is 6.18 Å². The van der Waals surface area contributed by atoms with Crippen molar-refractivity contribution in [3.8, 4) is 28.4 Å². The SMILES string of the molecule is COc1ccc(-c2ccnc(-c3nc(=O)o[nH]3)c2)c(C(F)(F)F)c1. The van der Waals surface area contributed by atoms with Crippen LogP contribution in [0.3, 0.4) is 0 Å².